The van der Waals surface area contributed by atoms with Crippen LogP contribution in [0.1, 0.15) is 11.1 Å². The van der Waals surface area contributed by atoms with Gasteiger partial charge in [-0.2, -0.15) is 13.2 Å². The van der Waals surface area contributed by atoms with Crippen LogP contribution in [0.3, 0.4) is 0 Å². The number of para-hydroxylation sites is 2. The van der Waals surface area contributed by atoms with Gasteiger partial charge >= 0.3 is 12.1 Å². The van der Waals surface area contributed by atoms with Crippen molar-refractivity contribution >= 4 is 34.6 Å². The fourth-order valence-corrected chi connectivity index (χ4v) is 2.60. The van der Waals surface area contributed by atoms with E-state index < -0.39 is 22.7 Å². The largest absolute Gasteiger partial charge is 0.464 e. The Kier molecular flexibility index (Phi) is 5.87. The number of ether oxygens (including phenoxy) is 1. The molecule has 0 heterocycles. The van der Waals surface area contributed by atoms with Crippen molar-refractivity contribution in [3.63, 3.8) is 0 Å². The molecule has 0 aromatic heterocycles. The van der Waals surface area contributed by atoms with Gasteiger partial charge in [0.1, 0.15) is 0 Å². The molecule has 0 saturated heterocycles. The number of nitrogens with two attached hydrogens (primary N) is 3. The third kappa shape index (κ3) is 4.26. The molecule has 0 aliphatic heterocycles. The van der Waals surface area contributed by atoms with Crippen LogP contribution >= 0.6 is 11.6 Å². The van der Waals surface area contributed by atoms with Crippen molar-refractivity contribution in [3.8, 4) is 0 Å². The Morgan fingerprint density at radius 3 is 2.33 bits per heavy atom. The number of carbonyl (C=O) groups excluding carboxylic acids is 1. The summed E-state index contributed by atoms with van der Waals surface area (Å²) in [4.78, 5) is 12.2. The molecule has 0 spiro atoms. The topological polar surface area (TPSA) is 108 Å². The first-order valence-corrected chi connectivity index (χ1v) is 7.80. The number of alkyl halides is 3. The van der Waals surface area contributed by atoms with Crippen molar-refractivity contribution < 1.29 is 22.7 Å². The van der Waals surface area contributed by atoms with E-state index in [1.807, 2.05) is 0 Å². The number of methoxy groups -OCH3 is 1. The van der Waals surface area contributed by atoms with Gasteiger partial charge < -0.3 is 16.2 Å². The van der Waals surface area contributed by atoms with Crippen LogP contribution in [0, 0.1) is 0 Å². The van der Waals surface area contributed by atoms with Gasteiger partial charge in [0.05, 0.1) is 34.8 Å². The molecule has 0 saturated carbocycles. The minimum absolute atomic E-state index is 0.0540. The van der Waals surface area contributed by atoms with Gasteiger partial charge in [-0.3, -0.25) is 5.01 Å². The molecule has 0 atom stereocenters. The van der Waals surface area contributed by atoms with Crippen LogP contribution in [-0.2, 0) is 15.7 Å². The molecule has 0 bridgehead atoms. The Labute approximate surface area is 157 Å². The lowest BCUT2D eigenvalue weighted by atomic mass is 10.1. The highest BCUT2D eigenvalue weighted by Crippen LogP contribution is 2.36. The quantitative estimate of drug-likeness (QED) is 0.239. The van der Waals surface area contributed by atoms with Crippen LogP contribution in [0.4, 0.5) is 24.5 Å². The molecule has 0 radical (unpaired) electrons. The first kappa shape index (κ1) is 20.4. The first-order valence-electron chi connectivity index (χ1n) is 7.42. The Hall–Kier alpha value is -2.91. The van der Waals surface area contributed by atoms with Crippen molar-refractivity contribution in [2.75, 3.05) is 17.9 Å². The first-order chi connectivity index (χ1) is 12.6. The zero-order valence-corrected chi connectivity index (χ0v) is 14.8. The molecule has 0 amide bonds. The number of hydrogen-bond donors (Lipinski definition) is 3. The Morgan fingerprint density at radius 2 is 1.81 bits per heavy atom. The lowest BCUT2D eigenvalue weighted by molar-refractivity contribution is -0.138. The summed E-state index contributed by atoms with van der Waals surface area (Å²) in [5.74, 6) is 5.09. The van der Waals surface area contributed by atoms with Crippen LogP contribution in [0.25, 0.3) is 5.70 Å². The summed E-state index contributed by atoms with van der Waals surface area (Å²) < 4.78 is 43.3. The van der Waals surface area contributed by atoms with Crippen molar-refractivity contribution in [2.45, 2.75) is 6.18 Å². The molecule has 2 rings (SSSR count). The van der Waals surface area contributed by atoms with E-state index in [0.717, 1.165) is 30.3 Å². The zero-order chi connectivity index (χ0) is 20.4. The number of benzene rings is 2. The Morgan fingerprint density at radius 1 is 1.19 bits per heavy atom. The third-order valence-corrected chi connectivity index (χ3v) is 3.97. The minimum Gasteiger partial charge on any atom is -0.464 e. The van der Waals surface area contributed by atoms with Gasteiger partial charge in [-0.1, -0.05) is 29.8 Å². The van der Waals surface area contributed by atoms with Gasteiger partial charge in [-0.15, -0.1) is 0 Å². The molecule has 0 aliphatic carbocycles. The number of rotatable bonds is 4. The van der Waals surface area contributed by atoms with E-state index in [4.69, 9.17) is 33.6 Å². The lowest BCUT2D eigenvalue weighted by Gasteiger charge is -2.23. The second-order valence-electron chi connectivity index (χ2n) is 5.38. The van der Waals surface area contributed by atoms with Crippen LogP contribution in [-0.4, -0.2) is 13.1 Å². The van der Waals surface area contributed by atoms with Gasteiger partial charge in [0.25, 0.3) is 0 Å². The van der Waals surface area contributed by atoms with Crippen LogP contribution < -0.4 is 22.3 Å². The summed E-state index contributed by atoms with van der Waals surface area (Å²) >= 11 is 5.72. The zero-order valence-electron chi connectivity index (χ0n) is 14.0. The number of hydrazine groups is 1. The van der Waals surface area contributed by atoms with Gasteiger partial charge in [-0.05, 0) is 24.3 Å². The van der Waals surface area contributed by atoms with Gasteiger partial charge in [-0.25, -0.2) is 10.6 Å². The van der Waals surface area contributed by atoms with Crippen LogP contribution in [0.15, 0.2) is 48.2 Å². The predicted molar refractivity (Wildman–Crippen MR) is 97.1 cm³/mol. The average Bonchev–Trinajstić information content (AvgIpc) is 2.60. The number of anilines is 2. The standard InChI is InChI=1S/C17H16ClF3N4O2/c1-27-16(26)15(25(24)13-5-3-2-4-12(13)22)14(23)9-6-7-10(11(18)8-9)17(19,20)21/h2-8H,22-24H2,1H3/b15-14+. The monoisotopic (exact) mass is 400 g/mol. The number of esters is 1. The number of carbonyl (C=O) groups is 1. The molecule has 2 aromatic rings. The Balaban J connectivity index is 2.61. The number of hydrogen-bond acceptors (Lipinski definition) is 6. The maximum Gasteiger partial charge on any atom is 0.417 e. The van der Waals surface area contributed by atoms with Crippen molar-refractivity contribution in [3.05, 3.63) is 64.3 Å². The predicted octanol–water partition coefficient (Wildman–Crippen LogP) is 3.12. The highest BCUT2D eigenvalue weighted by molar-refractivity contribution is 6.31. The number of nitrogen functional groups attached to an aromatic ring is 1. The summed E-state index contributed by atoms with van der Waals surface area (Å²) in [6.07, 6.45) is -4.63. The second-order valence-corrected chi connectivity index (χ2v) is 5.78. The number of nitrogens with zero attached hydrogens (tertiary/aromatic N) is 1. The molecule has 0 fully saturated rings. The average molecular weight is 401 g/mol. The van der Waals surface area contributed by atoms with Crippen LogP contribution in [0.2, 0.25) is 5.02 Å². The summed E-state index contributed by atoms with van der Waals surface area (Å²) in [6.45, 7) is 0. The van der Waals surface area contributed by atoms with E-state index in [1.165, 1.54) is 6.07 Å². The van der Waals surface area contributed by atoms with Gasteiger partial charge in [0, 0.05) is 5.56 Å². The highest BCUT2D eigenvalue weighted by atomic mass is 35.5. The third-order valence-electron chi connectivity index (χ3n) is 3.66. The molecule has 10 heteroatoms. The molecular weight excluding hydrogens is 385 g/mol. The summed E-state index contributed by atoms with van der Waals surface area (Å²) in [5.41, 5.74) is 10.8. The van der Waals surface area contributed by atoms with Crippen LogP contribution in [0.5, 0.6) is 0 Å². The molecule has 0 unspecified atom stereocenters. The van der Waals surface area contributed by atoms with E-state index in [1.54, 1.807) is 18.2 Å². The summed E-state index contributed by atoms with van der Waals surface area (Å²) in [6, 6.07) is 9.20. The van der Waals surface area contributed by atoms with Crippen molar-refractivity contribution in [2.24, 2.45) is 11.6 Å². The fraction of sp³-hybridized carbons (Fsp3) is 0.118. The maximum atomic E-state index is 12.9. The lowest BCUT2D eigenvalue weighted by Crippen LogP contribution is -2.37. The fourth-order valence-electron chi connectivity index (χ4n) is 2.31. The van der Waals surface area contributed by atoms with E-state index in [2.05, 4.69) is 0 Å². The SMILES string of the molecule is COC(=O)/C(=C(\N)c1ccc(C(F)(F)F)c(Cl)c1)N(N)c1ccccc1N. The van der Waals surface area contributed by atoms with E-state index in [-0.39, 0.29) is 28.3 Å². The van der Waals surface area contributed by atoms with E-state index >= 15 is 0 Å². The molecule has 27 heavy (non-hydrogen) atoms. The Bertz CT molecular complexity index is 900. The van der Waals surface area contributed by atoms with Crippen molar-refractivity contribution in [1.29, 1.82) is 0 Å². The highest BCUT2D eigenvalue weighted by Gasteiger charge is 2.33. The normalized spacial score (nSPS) is 12.4. The molecular formula is C17H16ClF3N4O2. The summed E-state index contributed by atoms with van der Waals surface area (Å²) in [5, 5.41) is 0.331. The van der Waals surface area contributed by atoms with E-state index in [0.29, 0.717) is 0 Å². The van der Waals surface area contributed by atoms with Gasteiger partial charge in [0.2, 0.25) is 0 Å². The van der Waals surface area contributed by atoms with E-state index in [9.17, 15) is 18.0 Å². The molecule has 0 aliphatic rings. The van der Waals surface area contributed by atoms with Gasteiger partial charge in [0.15, 0.2) is 5.70 Å². The number of halogens is 4. The minimum atomic E-state index is -4.63. The summed E-state index contributed by atoms with van der Waals surface area (Å²) in [7, 11) is 1.11. The molecule has 144 valence electrons. The second kappa shape index (κ2) is 7.77. The smallest absolute Gasteiger partial charge is 0.417 e. The molecule has 6 nitrogen and oxygen atoms in total. The maximum absolute atomic E-state index is 12.9. The molecule has 2 aromatic carbocycles. The molecule has 6 N–H and O–H groups in total. The van der Waals surface area contributed by atoms with Crippen molar-refractivity contribution in [1.82, 2.24) is 0 Å².